The largest absolute Gasteiger partial charge is 0.378 e. The van der Waals surface area contributed by atoms with Crippen LogP contribution in [0.1, 0.15) is 16.1 Å². The van der Waals surface area contributed by atoms with Gasteiger partial charge in [-0.3, -0.25) is 9.20 Å². The number of sulfone groups is 1. The maximum atomic E-state index is 13.0. The van der Waals surface area contributed by atoms with Gasteiger partial charge in [-0.05, 0) is 30.3 Å². The molecule has 0 atom stereocenters. The number of morpholine rings is 1. The molecule has 1 saturated heterocycles. The van der Waals surface area contributed by atoms with E-state index in [1.807, 2.05) is 6.07 Å². The zero-order valence-corrected chi connectivity index (χ0v) is 19.7. The summed E-state index contributed by atoms with van der Waals surface area (Å²) < 4.78 is 32.8. The smallest absolute Gasteiger partial charge is 0.272 e. The Morgan fingerprint density at radius 1 is 1.00 bits per heavy atom. The van der Waals surface area contributed by atoms with Gasteiger partial charge in [-0.25, -0.2) is 18.4 Å². The van der Waals surface area contributed by atoms with Crippen molar-refractivity contribution in [1.82, 2.24) is 19.3 Å². The van der Waals surface area contributed by atoms with Crippen LogP contribution in [-0.2, 0) is 20.3 Å². The van der Waals surface area contributed by atoms with Gasteiger partial charge in [0.25, 0.3) is 5.91 Å². The van der Waals surface area contributed by atoms with Gasteiger partial charge in [-0.2, -0.15) is 0 Å². The molecule has 0 N–H and O–H groups in total. The number of imidazole rings is 1. The van der Waals surface area contributed by atoms with E-state index in [4.69, 9.17) is 16.3 Å². The van der Waals surface area contributed by atoms with Crippen molar-refractivity contribution in [3.05, 3.63) is 83.5 Å². The maximum absolute atomic E-state index is 13.0. The van der Waals surface area contributed by atoms with Crippen LogP contribution in [0.25, 0.3) is 16.8 Å². The molecule has 1 aromatic carbocycles. The third-order valence-electron chi connectivity index (χ3n) is 5.72. The van der Waals surface area contributed by atoms with Crippen LogP contribution in [0.2, 0.25) is 5.15 Å². The van der Waals surface area contributed by atoms with Crippen LogP contribution in [0.3, 0.4) is 0 Å². The molecular formula is C24H21ClN4O4S. The molecule has 1 fully saturated rings. The maximum Gasteiger partial charge on any atom is 0.272 e. The zero-order chi connectivity index (χ0) is 23.7. The quantitative estimate of drug-likeness (QED) is 0.392. The lowest BCUT2D eigenvalue weighted by atomic mass is 10.1. The SMILES string of the molecule is O=C(c1cnc2ccc(-c3cnc(Cl)c(CS(=O)(=O)c4ccccc4)c3)cn12)N1CCOCC1. The summed E-state index contributed by atoms with van der Waals surface area (Å²) in [6.45, 7) is 2.09. The van der Waals surface area contributed by atoms with Crippen LogP contribution in [-0.4, -0.2) is 59.9 Å². The molecule has 0 bridgehead atoms. The molecule has 174 valence electrons. The van der Waals surface area contributed by atoms with Gasteiger partial charge >= 0.3 is 0 Å². The molecule has 1 aliphatic heterocycles. The number of benzene rings is 1. The van der Waals surface area contributed by atoms with E-state index in [9.17, 15) is 13.2 Å². The first-order valence-electron chi connectivity index (χ1n) is 10.7. The van der Waals surface area contributed by atoms with E-state index in [1.165, 1.54) is 0 Å². The standard InChI is InChI=1S/C24H21ClN4O4S/c25-23-19(16-34(31,32)20-4-2-1-3-5-20)12-18(13-27-23)17-6-7-22-26-14-21(29(22)15-17)24(30)28-8-10-33-11-9-28/h1-7,12-15H,8-11,16H2. The predicted molar refractivity (Wildman–Crippen MR) is 127 cm³/mol. The highest BCUT2D eigenvalue weighted by Gasteiger charge is 2.22. The lowest BCUT2D eigenvalue weighted by molar-refractivity contribution is 0.0298. The van der Waals surface area contributed by atoms with Crippen molar-refractivity contribution in [1.29, 1.82) is 0 Å². The summed E-state index contributed by atoms with van der Waals surface area (Å²) in [6, 6.07) is 13.6. The minimum atomic E-state index is -3.59. The summed E-state index contributed by atoms with van der Waals surface area (Å²) in [7, 11) is -3.59. The third kappa shape index (κ3) is 4.42. The summed E-state index contributed by atoms with van der Waals surface area (Å²) in [5.74, 6) is -0.387. The van der Waals surface area contributed by atoms with E-state index in [1.54, 1.807) is 70.4 Å². The Balaban J connectivity index is 1.48. The van der Waals surface area contributed by atoms with Crippen molar-refractivity contribution in [2.75, 3.05) is 26.3 Å². The van der Waals surface area contributed by atoms with Crippen LogP contribution in [0.15, 0.2) is 72.0 Å². The van der Waals surface area contributed by atoms with E-state index in [0.29, 0.717) is 48.8 Å². The van der Waals surface area contributed by atoms with Crippen molar-refractivity contribution in [2.45, 2.75) is 10.6 Å². The first-order valence-corrected chi connectivity index (χ1v) is 12.7. The van der Waals surface area contributed by atoms with E-state index in [2.05, 4.69) is 9.97 Å². The Morgan fingerprint density at radius 3 is 2.53 bits per heavy atom. The zero-order valence-electron chi connectivity index (χ0n) is 18.1. The number of amides is 1. The number of carbonyl (C=O) groups excluding carboxylic acids is 1. The molecule has 3 aromatic heterocycles. The number of ether oxygens (including phenoxy) is 1. The molecule has 0 radical (unpaired) electrons. The van der Waals surface area contributed by atoms with Crippen LogP contribution >= 0.6 is 11.6 Å². The highest BCUT2D eigenvalue weighted by atomic mass is 35.5. The van der Waals surface area contributed by atoms with Crippen molar-refractivity contribution >= 4 is 33.0 Å². The number of halogens is 1. The molecular weight excluding hydrogens is 476 g/mol. The van der Waals surface area contributed by atoms with Crippen molar-refractivity contribution in [2.24, 2.45) is 0 Å². The molecule has 1 amide bonds. The fourth-order valence-electron chi connectivity index (χ4n) is 3.91. The monoisotopic (exact) mass is 496 g/mol. The summed E-state index contributed by atoms with van der Waals surface area (Å²) in [5, 5.41) is 0.134. The first kappa shape index (κ1) is 22.5. The molecule has 4 aromatic rings. The summed E-state index contributed by atoms with van der Waals surface area (Å²) in [4.78, 5) is 23.6. The van der Waals surface area contributed by atoms with Gasteiger partial charge in [-0.15, -0.1) is 0 Å². The number of carbonyl (C=O) groups is 1. The molecule has 34 heavy (non-hydrogen) atoms. The lowest BCUT2D eigenvalue weighted by Gasteiger charge is -2.26. The van der Waals surface area contributed by atoms with Crippen molar-refractivity contribution in [3.8, 4) is 11.1 Å². The van der Waals surface area contributed by atoms with Crippen LogP contribution in [0, 0.1) is 0 Å². The summed E-state index contributed by atoms with van der Waals surface area (Å²) >= 11 is 6.26. The van der Waals surface area contributed by atoms with Crippen molar-refractivity contribution < 1.29 is 17.9 Å². The van der Waals surface area contributed by atoms with Gasteiger partial charge in [0.1, 0.15) is 16.5 Å². The number of nitrogens with zero attached hydrogens (tertiary/aromatic N) is 4. The molecule has 1 aliphatic rings. The Kier molecular flexibility index (Phi) is 6.07. The number of aromatic nitrogens is 3. The van der Waals surface area contributed by atoms with Gasteiger partial charge < -0.3 is 9.64 Å². The number of hydrogen-bond donors (Lipinski definition) is 0. The lowest BCUT2D eigenvalue weighted by Crippen LogP contribution is -2.41. The number of rotatable bonds is 5. The van der Waals surface area contributed by atoms with Crippen LogP contribution < -0.4 is 0 Å². The third-order valence-corrected chi connectivity index (χ3v) is 7.74. The second kappa shape index (κ2) is 9.17. The Bertz CT molecular complexity index is 1470. The molecule has 0 unspecified atom stereocenters. The Morgan fingerprint density at radius 2 is 1.76 bits per heavy atom. The number of hydrogen-bond acceptors (Lipinski definition) is 6. The normalized spacial score (nSPS) is 14.4. The van der Waals surface area contributed by atoms with Gasteiger partial charge in [0.05, 0.1) is 30.1 Å². The first-order chi connectivity index (χ1) is 16.4. The van der Waals surface area contributed by atoms with Gasteiger partial charge in [-0.1, -0.05) is 29.8 Å². The second-order valence-electron chi connectivity index (χ2n) is 7.94. The van der Waals surface area contributed by atoms with Crippen LogP contribution in [0.4, 0.5) is 0 Å². The molecule has 8 nitrogen and oxygen atoms in total. The highest BCUT2D eigenvalue weighted by Crippen LogP contribution is 2.27. The summed E-state index contributed by atoms with van der Waals surface area (Å²) in [6.07, 6.45) is 4.95. The molecule has 4 heterocycles. The van der Waals surface area contributed by atoms with Gasteiger partial charge in [0, 0.05) is 42.2 Å². The summed E-state index contributed by atoms with van der Waals surface area (Å²) in [5.41, 5.74) is 2.92. The molecule has 0 spiro atoms. The van der Waals surface area contributed by atoms with E-state index in [0.717, 1.165) is 5.56 Å². The Hall–Kier alpha value is -3.27. The van der Waals surface area contributed by atoms with E-state index in [-0.39, 0.29) is 21.7 Å². The molecule has 0 aliphatic carbocycles. The number of pyridine rings is 2. The van der Waals surface area contributed by atoms with Gasteiger partial charge in [0.15, 0.2) is 9.84 Å². The fourth-order valence-corrected chi connectivity index (χ4v) is 5.52. The van der Waals surface area contributed by atoms with E-state index < -0.39 is 9.84 Å². The average Bonchev–Trinajstić information content (AvgIpc) is 3.29. The average molecular weight is 497 g/mol. The molecule has 10 heteroatoms. The molecule has 0 saturated carbocycles. The van der Waals surface area contributed by atoms with Crippen LogP contribution in [0.5, 0.6) is 0 Å². The van der Waals surface area contributed by atoms with E-state index >= 15 is 0 Å². The fraction of sp³-hybridized carbons (Fsp3) is 0.208. The number of fused-ring (bicyclic) bond motifs is 1. The van der Waals surface area contributed by atoms with Crippen molar-refractivity contribution in [3.63, 3.8) is 0 Å². The predicted octanol–water partition coefficient (Wildman–Crippen LogP) is 3.50. The minimum Gasteiger partial charge on any atom is -0.378 e. The highest BCUT2D eigenvalue weighted by molar-refractivity contribution is 7.90. The second-order valence-corrected chi connectivity index (χ2v) is 10.3. The van der Waals surface area contributed by atoms with Gasteiger partial charge in [0.2, 0.25) is 0 Å². The Labute approximate surface area is 201 Å². The minimum absolute atomic E-state index is 0.114. The molecule has 5 rings (SSSR count). The topological polar surface area (TPSA) is 93.9 Å².